The number of nitrogens with two attached hydrogens (primary N) is 5. The van der Waals surface area contributed by atoms with Crippen LogP contribution in [0.25, 0.3) is 0 Å². The Balaban J connectivity index is -0.000000431. The fourth-order valence-electron chi connectivity index (χ4n) is 2.07. The fourth-order valence-corrected chi connectivity index (χ4v) is 2.07. The van der Waals surface area contributed by atoms with Crippen LogP contribution in [0.2, 0.25) is 0 Å². The molecule has 0 aliphatic carbocycles. The van der Waals surface area contributed by atoms with Gasteiger partial charge in [0.15, 0.2) is 5.96 Å². The van der Waals surface area contributed by atoms with Gasteiger partial charge in [-0.3, -0.25) is 24.2 Å². The van der Waals surface area contributed by atoms with E-state index in [-0.39, 0.29) is 18.3 Å². The topological polar surface area (TPSA) is 292 Å². The molecule has 0 heterocycles. The van der Waals surface area contributed by atoms with Gasteiger partial charge >= 0.3 is 23.9 Å². The molecule has 0 spiro atoms. The Morgan fingerprint density at radius 2 is 1.21 bits per heavy atom. The lowest BCUT2D eigenvalue weighted by atomic mass is 10.0. The summed E-state index contributed by atoms with van der Waals surface area (Å²) in [5.41, 5.74) is 25.9. The van der Waals surface area contributed by atoms with E-state index in [2.05, 4.69) is 4.99 Å². The summed E-state index contributed by atoms with van der Waals surface area (Å²) in [6.45, 7) is 4.28. The Kier molecular flexibility index (Phi) is 22.9. The Labute approximate surface area is 199 Å². The monoisotopic (exact) mass is 494 g/mol. The van der Waals surface area contributed by atoms with E-state index in [0.717, 1.165) is 12.8 Å². The molecule has 0 bridgehead atoms. The maximum absolute atomic E-state index is 10.3. The lowest BCUT2D eigenvalue weighted by Gasteiger charge is -2.11. The maximum Gasteiger partial charge on any atom is 0.320 e. The average molecular weight is 495 g/mol. The van der Waals surface area contributed by atoms with Gasteiger partial charge in [0.2, 0.25) is 0 Å². The van der Waals surface area contributed by atoms with E-state index < -0.39 is 42.0 Å². The standard InChI is InChI=1S/C7H16N4O2.C7H13NO4.C6H13NO2/c8-5(6(12)13)3-1-2-4-11-7(9)10;8-5(7(11)12)3-1-2-4-6(9)10;1-3-4(2)5(7)6(8)9/h5H,1-4,8H2,(H,12,13)(H4,9,10,11);5H,1-4,8H2,(H,9,10)(H,11,12);4-5H,3,7H2,1-2H3,(H,8,9)/t5-;;4-,5-/m0.0/s1. The minimum Gasteiger partial charge on any atom is -0.481 e. The highest BCUT2D eigenvalue weighted by atomic mass is 16.4. The van der Waals surface area contributed by atoms with E-state index in [1.54, 1.807) is 0 Å². The molecule has 14 heteroatoms. The van der Waals surface area contributed by atoms with Crippen molar-refractivity contribution >= 4 is 29.8 Å². The van der Waals surface area contributed by atoms with Gasteiger partial charge in [-0.15, -0.1) is 0 Å². The van der Waals surface area contributed by atoms with Gasteiger partial charge < -0.3 is 49.1 Å². The van der Waals surface area contributed by atoms with Crippen molar-refractivity contribution in [3.63, 3.8) is 0 Å². The molecule has 34 heavy (non-hydrogen) atoms. The fraction of sp³-hybridized carbons (Fsp3) is 0.750. The van der Waals surface area contributed by atoms with E-state index in [1.165, 1.54) is 0 Å². The van der Waals surface area contributed by atoms with Crippen molar-refractivity contribution in [1.29, 1.82) is 0 Å². The molecule has 4 atom stereocenters. The predicted molar refractivity (Wildman–Crippen MR) is 127 cm³/mol. The summed E-state index contributed by atoms with van der Waals surface area (Å²) in [7, 11) is 0. The summed E-state index contributed by atoms with van der Waals surface area (Å²) < 4.78 is 0. The normalized spacial score (nSPS) is 13.4. The van der Waals surface area contributed by atoms with E-state index in [4.69, 9.17) is 49.1 Å². The Morgan fingerprint density at radius 3 is 1.50 bits per heavy atom. The van der Waals surface area contributed by atoms with E-state index >= 15 is 0 Å². The number of rotatable bonds is 15. The Morgan fingerprint density at radius 1 is 0.765 bits per heavy atom. The third-order valence-electron chi connectivity index (χ3n) is 4.55. The third-order valence-corrected chi connectivity index (χ3v) is 4.55. The van der Waals surface area contributed by atoms with Gasteiger partial charge in [-0.25, -0.2) is 0 Å². The molecule has 0 rings (SSSR count). The largest absolute Gasteiger partial charge is 0.481 e. The van der Waals surface area contributed by atoms with Crippen LogP contribution >= 0.6 is 0 Å². The van der Waals surface area contributed by atoms with E-state index in [0.29, 0.717) is 38.6 Å². The first-order chi connectivity index (χ1) is 15.7. The zero-order valence-corrected chi connectivity index (χ0v) is 19.9. The van der Waals surface area contributed by atoms with Gasteiger partial charge in [0.1, 0.15) is 18.1 Å². The Bertz CT molecular complexity index is 628. The summed E-state index contributed by atoms with van der Waals surface area (Å²) in [6.07, 6.45) is 4.16. The van der Waals surface area contributed by atoms with Crippen LogP contribution in [0.5, 0.6) is 0 Å². The Hall–Kier alpha value is -2.97. The van der Waals surface area contributed by atoms with Gasteiger partial charge in [-0.05, 0) is 38.0 Å². The van der Waals surface area contributed by atoms with Gasteiger partial charge in [0.25, 0.3) is 0 Å². The van der Waals surface area contributed by atoms with Crippen LogP contribution in [0, 0.1) is 5.92 Å². The molecule has 0 aliphatic heterocycles. The van der Waals surface area contributed by atoms with Crippen LogP contribution < -0.4 is 28.7 Å². The molecule has 0 saturated heterocycles. The molecule has 0 aromatic rings. The number of unbranched alkanes of at least 4 members (excludes halogenated alkanes) is 2. The van der Waals surface area contributed by atoms with Crippen molar-refractivity contribution in [3.8, 4) is 0 Å². The van der Waals surface area contributed by atoms with Crippen molar-refractivity contribution in [2.75, 3.05) is 6.54 Å². The summed E-state index contributed by atoms with van der Waals surface area (Å²) >= 11 is 0. The van der Waals surface area contributed by atoms with Crippen LogP contribution in [-0.4, -0.2) is 74.9 Å². The van der Waals surface area contributed by atoms with Crippen LogP contribution in [0.1, 0.15) is 65.2 Å². The van der Waals surface area contributed by atoms with E-state index in [1.807, 2.05) is 13.8 Å². The van der Waals surface area contributed by atoms with Gasteiger partial charge in [-0.2, -0.15) is 0 Å². The molecule has 0 aliphatic rings. The summed E-state index contributed by atoms with van der Waals surface area (Å²) in [4.78, 5) is 44.4. The quantitative estimate of drug-likeness (QED) is 0.0775. The second kappa shape index (κ2) is 21.9. The number of carboxylic acids is 4. The highest BCUT2D eigenvalue weighted by Gasteiger charge is 2.17. The SMILES string of the molecule is CC[C@H](C)[C@H](N)C(=O)O.NC(CCCCC(=O)O)C(=O)O.NC(N)=NCCCC[C@H](N)C(=O)O. The number of carboxylic acid groups (broad SMARTS) is 4. The molecule has 0 fully saturated rings. The number of hydrogen-bond donors (Lipinski definition) is 9. The molecule has 200 valence electrons. The van der Waals surface area contributed by atoms with Crippen molar-refractivity contribution in [2.24, 2.45) is 39.6 Å². The second-order valence-electron chi connectivity index (χ2n) is 7.58. The summed E-state index contributed by atoms with van der Waals surface area (Å²) in [5, 5.41) is 33.4. The van der Waals surface area contributed by atoms with Crippen LogP contribution in [-0.2, 0) is 19.2 Å². The lowest BCUT2D eigenvalue weighted by molar-refractivity contribution is -0.140. The number of aliphatic imine (C=N–C) groups is 1. The van der Waals surface area contributed by atoms with Crippen LogP contribution in [0.15, 0.2) is 4.99 Å². The minimum absolute atomic E-state index is 0.0579. The minimum atomic E-state index is -1.04. The molecule has 0 saturated carbocycles. The molecule has 14 nitrogen and oxygen atoms in total. The smallest absolute Gasteiger partial charge is 0.320 e. The van der Waals surface area contributed by atoms with Crippen molar-refractivity contribution < 1.29 is 39.6 Å². The molecule has 14 N–H and O–H groups in total. The lowest BCUT2D eigenvalue weighted by Crippen LogP contribution is -2.36. The predicted octanol–water partition coefficient (Wildman–Crippen LogP) is -0.670. The number of guanidine groups is 1. The number of hydrogen-bond acceptors (Lipinski definition) is 8. The molecular formula is C20H42N6O8. The molecule has 0 aromatic heterocycles. The zero-order chi connectivity index (χ0) is 27.3. The van der Waals surface area contributed by atoms with Crippen LogP contribution in [0.3, 0.4) is 0 Å². The van der Waals surface area contributed by atoms with Gasteiger partial charge in [0, 0.05) is 13.0 Å². The number of carbonyl (C=O) groups is 4. The molecular weight excluding hydrogens is 452 g/mol. The van der Waals surface area contributed by atoms with Crippen molar-refractivity contribution in [1.82, 2.24) is 0 Å². The first-order valence-corrected chi connectivity index (χ1v) is 10.9. The molecule has 0 aromatic carbocycles. The zero-order valence-electron chi connectivity index (χ0n) is 19.9. The molecule has 0 amide bonds. The summed E-state index contributed by atoms with van der Waals surface area (Å²) in [5.74, 6) is -3.65. The first-order valence-electron chi connectivity index (χ1n) is 10.9. The average Bonchev–Trinajstić information content (AvgIpc) is 2.75. The third kappa shape index (κ3) is 25.3. The van der Waals surface area contributed by atoms with Crippen LogP contribution in [0.4, 0.5) is 0 Å². The molecule has 0 radical (unpaired) electrons. The highest BCUT2D eigenvalue weighted by molar-refractivity contribution is 5.75. The van der Waals surface area contributed by atoms with Gasteiger partial charge in [-0.1, -0.05) is 26.7 Å². The summed E-state index contributed by atoms with van der Waals surface area (Å²) in [6, 6.07) is -2.34. The number of aliphatic carboxylic acids is 4. The first kappa shape index (κ1) is 35.6. The second-order valence-corrected chi connectivity index (χ2v) is 7.58. The van der Waals surface area contributed by atoms with Crippen molar-refractivity contribution in [2.45, 2.75) is 83.3 Å². The maximum atomic E-state index is 10.3. The van der Waals surface area contributed by atoms with Crippen molar-refractivity contribution in [3.05, 3.63) is 0 Å². The molecule has 1 unspecified atom stereocenters. The van der Waals surface area contributed by atoms with E-state index in [9.17, 15) is 19.2 Å². The number of nitrogens with zero attached hydrogens (tertiary/aromatic N) is 1. The highest BCUT2D eigenvalue weighted by Crippen LogP contribution is 2.04. The van der Waals surface area contributed by atoms with Gasteiger partial charge in [0.05, 0.1) is 0 Å².